The Morgan fingerprint density at radius 2 is 2.09 bits per heavy atom. The average molecular weight is 500 g/mol. The second-order valence-electron chi connectivity index (χ2n) is 7.99. The zero-order chi connectivity index (χ0) is 22.8. The fourth-order valence-electron chi connectivity index (χ4n) is 3.75. The zero-order valence-electron chi connectivity index (χ0n) is 18.0. The number of halogens is 1. The molecule has 0 spiro atoms. The van der Waals surface area contributed by atoms with Gasteiger partial charge in [-0.2, -0.15) is 0 Å². The van der Waals surface area contributed by atoms with Crippen molar-refractivity contribution in [3.05, 3.63) is 63.8 Å². The Bertz CT molecular complexity index is 1250. The van der Waals surface area contributed by atoms with E-state index in [1.54, 1.807) is 6.26 Å². The van der Waals surface area contributed by atoms with Crippen molar-refractivity contribution in [2.45, 2.75) is 30.7 Å². The molecule has 0 aliphatic carbocycles. The number of benzene rings is 1. The van der Waals surface area contributed by atoms with Gasteiger partial charge in [0.15, 0.2) is 10.9 Å². The predicted molar refractivity (Wildman–Crippen MR) is 130 cm³/mol. The third kappa shape index (κ3) is 4.85. The Morgan fingerprint density at radius 3 is 2.85 bits per heavy atom. The molecule has 4 heterocycles. The third-order valence-corrected chi connectivity index (χ3v) is 7.81. The number of carbonyl (C=O) groups excluding carboxylic acids is 1. The average Bonchev–Trinajstić information content (AvgIpc) is 3.58. The summed E-state index contributed by atoms with van der Waals surface area (Å²) in [5, 5.41) is 12.8. The number of piperidine rings is 1. The van der Waals surface area contributed by atoms with Crippen LogP contribution in [0, 0.1) is 5.92 Å². The number of rotatable bonds is 6. The van der Waals surface area contributed by atoms with E-state index in [0.717, 1.165) is 36.6 Å². The lowest BCUT2D eigenvalue weighted by Crippen LogP contribution is -2.38. The molecule has 1 aromatic carbocycles. The molecule has 1 aliphatic heterocycles. The van der Waals surface area contributed by atoms with E-state index in [2.05, 4.69) is 22.1 Å². The van der Waals surface area contributed by atoms with Crippen LogP contribution in [0.1, 0.15) is 35.3 Å². The number of hydrogen-bond donors (Lipinski definition) is 0. The fourth-order valence-corrected chi connectivity index (χ4v) is 5.67. The van der Waals surface area contributed by atoms with Crippen LogP contribution in [0.4, 0.5) is 0 Å². The molecule has 7 nitrogen and oxygen atoms in total. The van der Waals surface area contributed by atoms with Crippen molar-refractivity contribution in [2.75, 3.05) is 13.1 Å². The van der Waals surface area contributed by atoms with Gasteiger partial charge in [0.25, 0.3) is 5.91 Å². The molecule has 0 saturated carbocycles. The van der Waals surface area contributed by atoms with Gasteiger partial charge >= 0.3 is 0 Å². The summed E-state index contributed by atoms with van der Waals surface area (Å²) in [6.07, 6.45) is 3.71. The Kier molecular flexibility index (Phi) is 6.52. The maximum atomic E-state index is 12.8. The largest absolute Gasteiger partial charge is 0.461 e. The van der Waals surface area contributed by atoms with Crippen LogP contribution >= 0.6 is 34.7 Å². The van der Waals surface area contributed by atoms with Crippen LogP contribution < -0.4 is 0 Å². The van der Waals surface area contributed by atoms with Gasteiger partial charge in [-0.1, -0.05) is 36.4 Å². The molecule has 0 radical (unpaired) electrons. The summed E-state index contributed by atoms with van der Waals surface area (Å²) in [7, 11) is 0. The molecule has 0 unspecified atom stereocenters. The highest BCUT2D eigenvalue weighted by Crippen LogP contribution is 2.31. The molecule has 10 heteroatoms. The first kappa shape index (κ1) is 22.2. The van der Waals surface area contributed by atoms with E-state index in [9.17, 15) is 4.79 Å². The molecule has 1 amide bonds. The van der Waals surface area contributed by atoms with Crippen molar-refractivity contribution in [3.8, 4) is 17.3 Å². The van der Waals surface area contributed by atoms with Crippen molar-refractivity contribution in [1.82, 2.24) is 24.6 Å². The highest BCUT2D eigenvalue weighted by molar-refractivity contribution is 7.98. The number of carbonyl (C=O) groups is 1. The topological polar surface area (TPSA) is 77.0 Å². The van der Waals surface area contributed by atoms with Crippen LogP contribution in [0.5, 0.6) is 0 Å². The number of aromatic nitrogens is 4. The second kappa shape index (κ2) is 9.70. The molecule has 3 aromatic heterocycles. The standard InChI is InChI=1S/C23H22ClN5O2S2/c1-15-7-9-28(10-8-15)22(30)18-13-32-20(25-18)14-33-23-27-26-21(19-6-3-11-31-19)29(23)17-5-2-4-16(24)12-17/h2-6,11-13,15H,7-10,14H2,1H3. The molecular formula is C23H22ClN5O2S2. The summed E-state index contributed by atoms with van der Waals surface area (Å²) in [4.78, 5) is 19.3. The van der Waals surface area contributed by atoms with Gasteiger partial charge in [-0.05, 0) is 49.1 Å². The van der Waals surface area contributed by atoms with Gasteiger partial charge in [0, 0.05) is 23.5 Å². The molecule has 33 heavy (non-hydrogen) atoms. The molecule has 1 fully saturated rings. The van der Waals surface area contributed by atoms with Gasteiger partial charge in [0.2, 0.25) is 5.82 Å². The van der Waals surface area contributed by atoms with Crippen LogP contribution in [0.2, 0.25) is 5.02 Å². The first-order chi connectivity index (χ1) is 16.1. The van der Waals surface area contributed by atoms with E-state index in [1.165, 1.54) is 23.1 Å². The van der Waals surface area contributed by atoms with Crippen LogP contribution in [0.3, 0.4) is 0 Å². The number of amides is 1. The zero-order valence-corrected chi connectivity index (χ0v) is 20.4. The number of furan rings is 1. The first-order valence-electron chi connectivity index (χ1n) is 10.7. The molecular weight excluding hydrogens is 478 g/mol. The molecule has 1 saturated heterocycles. The van der Waals surface area contributed by atoms with Crippen LogP contribution in [0.15, 0.2) is 57.6 Å². The smallest absolute Gasteiger partial charge is 0.273 e. The molecule has 0 atom stereocenters. The van der Waals surface area contributed by atoms with Gasteiger partial charge in [0.05, 0.1) is 17.7 Å². The Balaban J connectivity index is 1.35. The molecule has 5 rings (SSSR count). The molecule has 4 aromatic rings. The minimum absolute atomic E-state index is 0.0246. The van der Waals surface area contributed by atoms with Crippen LogP contribution in [0.25, 0.3) is 17.3 Å². The van der Waals surface area contributed by atoms with Crippen molar-refractivity contribution in [2.24, 2.45) is 5.92 Å². The summed E-state index contributed by atoms with van der Waals surface area (Å²) in [5.41, 5.74) is 1.37. The molecule has 0 N–H and O–H groups in total. The Morgan fingerprint density at radius 1 is 1.24 bits per heavy atom. The number of hydrogen-bond acceptors (Lipinski definition) is 7. The van der Waals surface area contributed by atoms with Gasteiger partial charge in [-0.15, -0.1) is 21.5 Å². The Labute approximate surface area is 204 Å². The predicted octanol–water partition coefficient (Wildman–Crippen LogP) is 5.80. The van der Waals surface area contributed by atoms with Crippen molar-refractivity contribution in [3.63, 3.8) is 0 Å². The number of likely N-dealkylation sites (tertiary alicyclic amines) is 1. The fraction of sp³-hybridized carbons (Fsp3) is 0.304. The van der Waals surface area contributed by atoms with E-state index in [0.29, 0.717) is 39.1 Å². The Hall–Kier alpha value is -2.62. The van der Waals surface area contributed by atoms with Crippen molar-refractivity contribution in [1.29, 1.82) is 0 Å². The SMILES string of the molecule is CC1CCN(C(=O)c2csc(CSc3nnc(-c4ccco4)n3-c3cccc(Cl)c3)n2)CC1. The second-order valence-corrected chi connectivity index (χ2v) is 10.3. The highest BCUT2D eigenvalue weighted by atomic mass is 35.5. The van der Waals surface area contributed by atoms with Crippen molar-refractivity contribution < 1.29 is 9.21 Å². The maximum absolute atomic E-state index is 12.8. The summed E-state index contributed by atoms with van der Waals surface area (Å²) in [6, 6.07) is 11.2. The lowest BCUT2D eigenvalue weighted by Gasteiger charge is -2.29. The number of thiazole rings is 1. The van der Waals surface area contributed by atoms with Crippen molar-refractivity contribution >= 4 is 40.6 Å². The van der Waals surface area contributed by atoms with E-state index in [4.69, 9.17) is 16.0 Å². The summed E-state index contributed by atoms with van der Waals surface area (Å²) in [6.45, 7) is 3.85. The quantitative estimate of drug-likeness (QED) is 0.312. The molecule has 0 bridgehead atoms. The minimum Gasteiger partial charge on any atom is -0.461 e. The number of thioether (sulfide) groups is 1. The van der Waals surface area contributed by atoms with Crippen LogP contribution in [-0.2, 0) is 5.75 Å². The van der Waals surface area contributed by atoms with Gasteiger partial charge in [-0.25, -0.2) is 4.98 Å². The molecule has 170 valence electrons. The molecule has 1 aliphatic rings. The maximum Gasteiger partial charge on any atom is 0.273 e. The minimum atomic E-state index is 0.0246. The van der Waals surface area contributed by atoms with E-state index in [1.807, 2.05) is 51.2 Å². The van der Waals surface area contributed by atoms with Gasteiger partial charge < -0.3 is 9.32 Å². The highest BCUT2D eigenvalue weighted by Gasteiger charge is 2.24. The monoisotopic (exact) mass is 499 g/mol. The first-order valence-corrected chi connectivity index (χ1v) is 12.9. The van der Waals surface area contributed by atoms with E-state index < -0.39 is 0 Å². The van der Waals surface area contributed by atoms with Gasteiger partial charge in [-0.3, -0.25) is 9.36 Å². The normalized spacial score (nSPS) is 14.7. The summed E-state index contributed by atoms with van der Waals surface area (Å²) in [5.74, 6) is 2.49. The van der Waals surface area contributed by atoms with Crippen LogP contribution in [-0.4, -0.2) is 43.6 Å². The third-order valence-electron chi connectivity index (χ3n) is 5.61. The van der Waals surface area contributed by atoms with E-state index in [-0.39, 0.29) is 5.91 Å². The van der Waals surface area contributed by atoms with E-state index >= 15 is 0 Å². The van der Waals surface area contributed by atoms with Gasteiger partial charge in [0.1, 0.15) is 10.7 Å². The lowest BCUT2D eigenvalue weighted by molar-refractivity contribution is 0.0692. The summed E-state index contributed by atoms with van der Waals surface area (Å²) >= 11 is 9.24. The summed E-state index contributed by atoms with van der Waals surface area (Å²) < 4.78 is 7.48. The number of nitrogens with zero attached hydrogens (tertiary/aromatic N) is 5. The lowest BCUT2D eigenvalue weighted by atomic mass is 9.99.